The van der Waals surface area contributed by atoms with Crippen molar-refractivity contribution in [3.05, 3.63) is 0 Å². The zero-order valence-electron chi connectivity index (χ0n) is 5.77. The van der Waals surface area contributed by atoms with E-state index in [1.54, 1.807) is 23.3 Å². The van der Waals surface area contributed by atoms with Crippen molar-refractivity contribution < 1.29 is 19.4 Å². The van der Waals surface area contributed by atoms with Gasteiger partial charge in [0.2, 0.25) is 0 Å². The fourth-order valence-electron chi connectivity index (χ4n) is 0.603. The van der Waals surface area contributed by atoms with E-state index in [1.165, 1.54) is 6.16 Å². The van der Waals surface area contributed by atoms with Gasteiger partial charge in [-0.1, -0.05) is 0 Å². The van der Waals surface area contributed by atoms with Gasteiger partial charge < -0.3 is 0 Å². The van der Waals surface area contributed by atoms with Gasteiger partial charge in [0.1, 0.15) is 0 Å². The minimum atomic E-state index is -0.738. The Balaban J connectivity index is 3.74. The maximum absolute atomic E-state index is 4.11. The Morgan fingerprint density at radius 2 is 2.00 bits per heavy atom. The van der Waals surface area contributed by atoms with Crippen LogP contribution >= 0.6 is 6.89 Å². The summed E-state index contributed by atoms with van der Waals surface area (Å²) in [6, 6.07) is 0. The van der Waals surface area contributed by atoms with Crippen LogP contribution in [-0.2, 0) is 19.4 Å². The second kappa shape index (κ2) is 3.14. The molecule has 0 aromatic carbocycles. The van der Waals surface area contributed by atoms with Crippen molar-refractivity contribution in [2.75, 3.05) is 19.5 Å². The minimum absolute atomic E-state index is 0.738. The zero-order chi connectivity index (χ0) is 6.78. The molecular weight excluding hydrogens is 287 g/mol. The van der Waals surface area contributed by atoms with Crippen LogP contribution < -0.4 is 0 Å². The van der Waals surface area contributed by atoms with Crippen LogP contribution in [0.1, 0.15) is 6.92 Å². The Kier molecular flexibility index (Phi) is 3.47. The fraction of sp³-hybridized carbons (Fsp3) is 0.667. The van der Waals surface area contributed by atoms with Crippen molar-refractivity contribution >= 4 is 17.1 Å². The summed E-state index contributed by atoms with van der Waals surface area (Å²) >= 11 is 1.62. The van der Waals surface area contributed by atoms with E-state index in [1.807, 2.05) is 0 Å². The molecule has 0 saturated carbocycles. The first-order chi connectivity index (χ1) is 3.42. The average molecular weight is 300 g/mol. The van der Waals surface area contributed by atoms with Gasteiger partial charge in [0.05, 0.1) is 0 Å². The second-order valence-electron chi connectivity index (χ2n) is 2.80. The summed E-state index contributed by atoms with van der Waals surface area (Å²) in [6.45, 7) is 6.03. The quantitative estimate of drug-likeness (QED) is 0.677. The van der Waals surface area contributed by atoms with E-state index < -0.39 is 6.89 Å². The first-order valence-corrected chi connectivity index (χ1v) is 7.11. The molecule has 0 nitrogen and oxygen atoms in total. The predicted octanol–water partition coefficient (Wildman–Crippen LogP) is 1.43. The third-order valence-electron chi connectivity index (χ3n) is 0.651. The molecule has 48 valence electrons. The van der Waals surface area contributed by atoms with E-state index in [0.29, 0.717) is 0 Å². The van der Waals surface area contributed by atoms with E-state index in [-0.39, 0.29) is 0 Å². The van der Waals surface area contributed by atoms with Crippen LogP contribution in [-0.4, -0.2) is 29.7 Å². The van der Waals surface area contributed by atoms with E-state index in [4.69, 9.17) is 0 Å². The topological polar surface area (TPSA) is 0 Å². The van der Waals surface area contributed by atoms with Gasteiger partial charge in [-0.15, -0.1) is 0 Å². The molecule has 8 heavy (non-hydrogen) atoms. The van der Waals surface area contributed by atoms with Gasteiger partial charge in [-0.2, -0.15) is 0 Å². The molecule has 0 aromatic rings. The predicted molar refractivity (Wildman–Crippen MR) is 41.4 cm³/mol. The summed E-state index contributed by atoms with van der Waals surface area (Å²) in [7, 11) is 0. The number of hydrogen-bond acceptors (Lipinski definition) is 0. The summed E-state index contributed by atoms with van der Waals surface area (Å²) in [5.74, 6) is 0. The summed E-state index contributed by atoms with van der Waals surface area (Å²) < 4.78 is 1.60. The summed E-state index contributed by atoms with van der Waals surface area (Å²) in [5, 5.41) is 0. The summed E-state index contributed by atoms with van der Waals surface area (Å²) in [4.78, 5) is 0. The molecule has 0 amide bonds. The van der Waals surface area contributed by atoms with Crippen LogP contribution in [0.5, 0.6) is 0 Å². The normalized spacial score (nSPS) is 11.4. The van der Waals surface area contributed by atoms with Crippen molar-refractivity contribution in [2.24, 2.45) is 0 Å². The molecule has 0 bridgehead atoms. The van der Waals surface area contributed by atoms with Crippen LogP contribution in [0.4, 0.5) is 0 Å². The standard InChI is InChI=1S/C6H13P.W/c1-5-6-7(2,3)4;/h2,6H2,1,3-4H3;. The van der Waals surface area contributed by atoms with Crippen molar-refractivity contribution in [3.8, 4) is 0 Å². The molecule has 0 aliphatic carbocycles. The third-order valence-corrected chi connectivity index (χ3v) is 3.34. The van der Waals surface area contributed by atoms with E-state index in [9.17, 15) is 0 Å². The van der Waals surface area contributed by atoms with E-state index in [2.05, 4.69) is 26.6 Å². The molecule has 0 spiro atoms. The van der Waals surface area contributed by atoms with E-state index >= 15 is 0 Å². The van der Waals surface area contributed by atoms with Crippen LogP contribution in [0, 0.1) is 0 Å². The fourth-order valence-corrected chi connectivity index (χ4v) is 5.58. The summed E-state index contributed by atoms with van der Waals surface area (Å²) in [6.07, 6.45) is 5.39. The molecule has 0 radical (unpaired) electrons. The molecule has 0 unspecified atom stereocenters. The molecular formula is C6H13PW. The first kappa shape index (κ1) is 8.86. The van der Waals surface area contributed by atoms with Crippen LogP contribution in [0.25, 0.3) is 0 Å². The Labute approximate surface area is 63.1 Å². The van der Waals surface area contributed by atoms with Crippen molar-refractivity contribution in [2.45, 2.75) is 6.92 Å². The molecule has 0 atom stereocenters. The van der Waals surface area contributed by atoms with Gasteiger partial charge in [-0.25, -0.2) is 0 Å². The Hall–Kier alpha value is 0.858. The van der Waals surface area contributed by atoms with Gasteiger partial charge in [0.25, 0.3) is 0 Å². The van der Waals surface area contributed by atoms with Crippen LogP contribution in [0.3, 0.4) is 0 Å². The molecule has 0 N–H and O–H groups in total. The van der Waals surface area contributed by atoms with Gasteiger partial charge in [0.15, 0.2) is 0 Å². The van der Waals surface area contributed by atoms with Gasteiger partial charge >= 0.3 is 62.9 Å². The Morgan fingerprint density at radius 1 is 1.62 bits per heavy atom. The Morgan fingerprint density at radius 3 is 2.00 bits per heavy atom. The van der Waals surface area contributed by atoms with Crippen molar-refractivity contribution in [1.82, 2.24) is 0 Å². The number of hydrogen-bond donors (Lipinski definition) is 0. The first-order valence-electron chi connectivity index (χ1n) is 2.58. The molecule has 0 aliphatic rings. The third kappa shape index (κ3) is 6.86. The second-order valence-corrected chi connectivity index (χ2v) is 9.49. The summed E-state index contributed by atoms with van der Waals surface area (Å²) in [5.41, 5.74) is 0. The molecule has 0 rings (SSSR count). The number of rotatable bonds is 2. The Bertz CT molecular complexity index is 131. The van der Waals surface area contributed by atoms with Gasteiger partial charge in [-0.3, -0.25) is 0 Å². The maximum atomic E-state index is 4.11. The zero-order valence-corrected chi connectivity index (χ0v) is 9.60. The molecule has 0 fully saturated rings. The SMILES string of the molecule is C=P(C)(C)C[C](C)=[W]. The molecule has 0 saturated heterocycles. The van der Waals surface area contributed by atoms with Gasteiger partial charge in [-0.05, 0) is 0 Å². The van der Waals surface area contributed by atoms with E-state index in [0.717, 1.165) is 0 Å². The van der Waals surface area contributed by atoms with Gasteiger partial charge in [0, 0.05) is 0 Å². The molecule has 0 aliphatic heterocycles. The van der Waals surface area contributed by atoms with Crippen LogP contribution in [0.15, 0.2) is 0 Å². The van der Waals surface area contributed by atoms with Crippen LogP contribution in [0.2, 0.25) is 0 Å². The monoisotopic (exact) mass is 300 g/mol. The molecule has 2 heteroatoms. The molecule has 0 aromatic heterocycles. The molecule has 0 heterocycles. The average Bonchev–Trinajstić information content (AvgIpc) is 1.21. The van der Waals surface area contributed by atoms with Crippen molar-refractivity contribution in [1.29, 1.82) is 0 Å². The van der Waals surface area contributed by atoms with Crippen molar-refractivity contribution in [3.63, 3.8) is 0 Å².